The van der Waals surface area contributed by atoms with E-state index in [1.807, 2.05) is 21.1 Å². The van der Waals surface area contributed by atoms with E-state index >= 15 is 0 Å². The number of nitrogens with zero attached hydrogens (tertiary/aromatic N) is 1. The summed E-state index contributed by atoms with van der Waals surface area (Å²) in [7, 11) is 5.99. The minimum absolute atomic E-state index is 0.172. The first kappa shape index (κ1) is 81.3. The molecule has 0 saturated carbocycles. The minimum Gasteiger partial charge on any atom is -0.477 e. The number of carboxylic acids is 1. The number of rotatable bonds is 71. The second-order valence-corrected chi connectivity index (χ2v) is 27.0. The van der Waals surface area contributed by atoms with Crippen molar-refractivity contribution in [2.45, 2.75) is 411 Å². The molecule has 0 heterocycles. The number of hydrogen-bond acceptors (Lipinski definition) is 7. The summed E-state index contributed by atoms with van der Waals surface area (Å²) in [5.74, 6) is -1.97. The third-order valence-electron chi connectivity index (χ3n) is 17.4. The van der Waals surface area contributed by atoms with Crippen molar-refractivity contribution in [3.05, 3.63) is 0 Å². The number of carboxylic acid groups (broad SMARTS) is 1. The highest BCUT2D eigenvalue weighted by molar-refractivity contribution is 5.71. The van der Waals surface area contributed by atoms with Crippen LogP contribution in [0.2, 0.25) is 0 Å². The summed E-state index contributed by atoms with van der Waals surface area (Å²) in [6.45, 7) is 4.97. The van der Waals surface area contributed by atoms with Gasteiger partial charge in [-0.3, -0.25) is 9.59 Å². The van der Waals surface area contributed by atoms with Crippen molar-refractivity contribution < 1.29 is 42.9 Å². The van der Waals surface area contributed by atoms with E-state index in [2.05, 4.69) is 13.8 Å². The molecular weight excluding hydrogens is 1030 g/mol. The molecule has 0 aliphatic heterocycles. The van der Waals surface area contributed by atoms with E-state index in [4.69, 9.17) is 18.9 Å². The summed E-state index contributed by atoms with van der Waals surface area (Å²) in [6.07, 6.45) is 76.9. The predicted octanol–water partition coefficient (Wildman–Crippen LogP) is 23.0. The predicted molar refractivity (Wildman–Crippen MR) is 355 cm³/mol. The number of carbonyl (C=O) groups excluding carboxylic acids is 2. The maximum atomic E-state index is 12.9. The van der Waals surface area contributed by atoms with Crippen molar-refractivity contribution >= 4 is 17.9 Å². The van der Waals surface area contributed by atoms with E-state index in [9.17, 15) is 19.5 Å². The van der Waals surface area contributed by atoms with Gasteiger partial charge in [0.1, 0.15) is 13.2 Å². The molecule has 0 radical (unpaired) electrons. The van der Waals surface area contributed by atoms with Gasteiger partial charge in [0.2, 0.25) is 0 Å². The molecule has 0 aromatic heterocycles. The third kappa shape index (κ3) is 67.7. The second-order valence-electron chi connectivity index (χ2n) is 27.0. The van der Waals surface area contributed by atoms with E-state index in [0.29, 0.717) is 17.4 Å². The summed E-state index contributed by atoms with van der Waals surface area (Å²) >= 11 is 0. The molecule has 0 saturated heterocycles. The molecule has 0 aromatic carbocycles. The Labute approximate surface area is 517 Å². The molecule has 0 aliphatic carbocycles. The maximum absolute atomic E-state index is 12.9. The lowest BCUT2D eigenvalue weighted by molar-refractivity contribution is -0.870. The van der Waals surface area contributed by atoms with Gasteiger partial charge in [-0.1, -0.05) is 373 Å². The molecule has 0 aliphatic rings. The number of ether oxygens (including phenoxy) is 4. The third-order valence-corrected chi connectivity index (χ3v) is 17.4. The first-order chi connectivity index (χ1) is 40.6. The van der Waals surface area contributed by atoms with Gasteiger partial charge < -0.3 is 28.5 Å². The van der Waals surface area contributed by atoms with Gasteiger partial charge in [-0.2, -0.15) is 0 Å². The van der Waals surface area contributed by atoms with Crippen LogP contribution in [0.5, 0.6) is 0 Å². The summed E-state index contributed by atoms with van der Waals surface area (Å²) < 4.78 is 23.0. The van der Waals surface area contributed by atoms with Crippen LogP contribution in [-0.2, 0) is 33.3 Å². The standard InChI is InChI=1S/C74H145NO8/c1-6-8-10-12-14-16-18-20-22-24-25-26-27-28-29-30-31-32-33-34-35-36-37-38-39-40-41-42-43-44-45-46-47-49-51-53-55-57-59-61-63-65-72(77)83-70(69-82-74(73(78)79)80-67-66-75(3,4)5)68-81-71(76)64-62-60-58-56-54-52-50-48-23-21-19-17-15-13-11-9-7-2/h70,74H,6-69H2,1-5H3/p+1. The first-order valence-corrected chi connectivity index (χ1v) is 37.2. The van der Waals surface area contributed by atoms with Crippen molar-refractivity contribution in [3.8, 4) is 0 Å². The zero-order valence-corrected chi connectivity index (χ0v) is 56.7. The number of aliphatic carboxylic acids is 1. The summed E-state index contributed by atoms with van der Waals surface area (Å²) in [5, 5.41) is 9.73. The Balaban J connectivity index is 3.87. The van der Waals surface area contributed by atoms with Crippen LogP contribution in [-0.4, -0.2) is 87.4 Å². The summed E-state index contributed by atoms with van der Waals surface area (Å²) in [5.41, 5.74) is 0. The lowest BCUT2D eigenvalue weighted by atomic mass is 10.0. The lowest BCUT2D eigenvalue weighted by Gasteiger charge is -2.25. The van der Waals surface area contributed by atoms with Crippen LogP contribution in [0.15, 0.2) is 0 Å². The van der Waals surface area contributed by atoms with E-state index < -0.39 is 18.4 Å². The van der Waals surface area contributed by atoms with Crippen LogP contribution in [0.3, 0.4) is 0 Å². The molecule has 2 atom stereocenters. The van der Waals surface area contributed by atoms with Gasteiger partial charge >= 0.3 is 17.9 Å². The van der Waals surface area contributed by atoms with Gasteiger partial charge in [0.25, 0.3) is 6.29 Å². The molecule has 0 amide bonds. The molecule has 0 rings (SSSR count). The minimum atomic E-state index is -1.50. The fourth-order valence-electron chi connectivity index (χ4n) is 11.7. The van der Waals surface area contributed by atoms with Gasteiger partial charge in [0, 0.05) is 12.8 Å². The molecule has 9 heteroatoms. The smallest absolute Gasteiger partial charge is 0.361 e. The van der Waals surface area contributed by atoms with Crippen LogP contribution in [0, 0.1) is 0 Å². The average molecular weight is 1180 g/mol. The van der Waals surface area contributed by atoms with E-state index in [-0.39, 0.29) is 38.2 Å². The van der Waals surface area contributed by atoms with Crippen LogP contribution in [0.25, 0.3) is 0 Å². The zero-order chi connectivity index (χ0) is 60.5. The Morgan fingerprint density at radius 2 is 0.542 bits per heavy atom. The highest BCUT2D eigenvalue weighted by Gasteiger charge is 2.25. The topological polar surface area (TPSA) is 108 Å². The second kappa shape index (κ2) is 66.2. The quantitative estimate of drug-likeness (QED) is 0.0278. The van der Waals surface area contributed by atoms with Gasteiger partial charge in [0.15, 0.2) is 6.10 Å². The lowest BCUT2D eigenvalue weighted by Crippen LogP contribution is -2.40. The van der Waals surface area contributed by atoms with Crippen molar-refractivity contribution in [3.63, 3.8) is 0 Å². The molecule has 0 bridgehead atoms. The molecular formula is C74H146NO8+. The van der Waals surface area contributed by atoms with E-state index in [1.54, 1.807) is 0 Å². The van der Waals surface area contributed by atoms with Gasteiger partial charge in [-0.25, -0.2) is 4.79 Å². The number of carbonyl (C=O) groups is 3. The molecule has 9 nitrogen and oxygen atoms in total. The highest BCUT2D eigenvalue weighted by atomic mass is 16.7. The first-order valence-electron chi connectivity index (χ1n) is 37.2. The Morgan fingerprint density at radius 1 is 0.313 bits per heavy atom. The molecule has 0 aromatic rings. The van der Waals surface area contributed by atoms with Crippen LogP contribution < -0.4 is 0 Å². The van der Waals surface area contributed by atoms with Crippen molar-refractivity contribution in [2.75, 3.05) is 47.5 Å². The normalized spacial score (nSPS) is 12.5. The molecule has 2 unspecified atom stereocenters. The number of unbranched alkanes of at least 4 members (excludes halogenated alkanes) is 56. The van der Waals surface area contributed by atoms with Gasteiger partial charge in [0.05, 0.1) is 34.4 Å². The fourth-order valence-corrected chi connectivity index (χ4v) is 11.7. The molecule has 0 fully saturated rings. The molecule has 494 valence electrons. The average Bonchev–Trinajstić information content (AvgIpc) is 3.46. The SMILES string of the molecule is CCCCCCCCCCCCCCCCCCCCCCCCCCCCCCCCCCCCCCCCCCCC(=O)OC(COC(=O)CCCCCCCCCCCCCCCCCCC)COC(OCC[N+](C)(C)C)C(=O)O. The van der Waals surface area contributed by atoms with Crippen LogP contribution in [0.4, 0.5) is 0 Å². The van der Waals surface area contributed by atoms with Crippen LogP contribution >= 0.6 is 0 Å². The monoisotopic (exact) mass is 1180 g/mol. The maximum Gasteiger partial charge on any atom is 0.361 e. The largest absolute Gasteiger partial charge is 0.477 e. The number of quaternary nitrogens is 1. The molecule has 0 spiro atoms. The fraction of sp³-hybridized carbons (Fsp3) is 0.959. The summed E-state index contributed by atoms with van der Waals surface area (Å²) in [6, 6.07) is 0. The molecule has 83 heavy (non-hydrogen) atoms. The molecule has 1 N–H and O–H groups in total. The van der Waals surface area contributed by atoms with Crippen LogP contribution in [0.1, 0.15) is 399 Å². The number of esters is 2. The Bertz CT molecular complexity index is 1320. The highest BCUT2D eigenvalue weighted by Crippen LogP contribution is 2.20. The van der Waals surface area contributed by atoms with Gasteiger partial charge in [-0.15, -0.1) is 0 Å². The number of likely N-dealkylation sites (N-methyl/N-ethyl adjacent to an activating group) is 1. The van der Waals surface area contributed by atoms with Crippen molar-refractivity contribution in [1.29, 1.82) is 0 Å². The summed E-state index contributed by atoms with van der Waals surface area (Å²) in [4.78, 5) is 37.5. The Morgan fingerprint density at radius 3 is 0.771 bits per heavy atom. The van der Waals surface area contributed by atoms with Gasteiger partial charge in [-0.05, 0) is 12.8 Å². The van der Waals surface area contributed by atoms with E-state index in [1.165, 1.54) is 334 Å². The zero-order valence-electron chi connectivity index (χ0n) is 56.7. The Kier molecular flexibility index (Phi) is 64.9. The van der Waals surface area contributed by atoms with Crippen molar-refractivity contribution in [1.82, 2.24) is 0 Å². The van der Waals surface area contributed by atoms with E-state index in [0.717, 1.165) is 38.5 Å². The Hall–Kier alpha value is -1.71. The number of hydrogen-bond donors (Lipinski definition) is 1. The van der Waals surface area contributed by atoms with Crippen molar-refractivity contribution in [2.24, 2.45) is 0 Å².